The minimum atomic E-state index is 0.0617. The van der Waals surface area contributed by atoms with E-state index >= 15 is 0 Å². The first-order valence-electron chi connectivity index (χ1n) is 9.33. The average Bonchev–Trinajstić information content (AvgIpc) is 2.70. The van der Waals surface area contributed by atoms with Gasteiger partial charge in [-0.1, -0.05) is 6.07 Å². The minimum Gasteiger partial charge on any atom is -0.493 e. The highest BCUT2D eigenvalue weighted by Gasteiger charge is 2.23. The number of amides is 1. The van der Waals surface area contributed by atoms with Crippen molar-refractivity contribution in [3.05, 3.63) is 17.7 Å². The number of piperazine rings is 1. The lowest BCUT2D eigenvalue weighted by Gasteiger charge is -2.35. The second-order valence-corrected chi connectivity index (χ2v) is 6.56. The molecular weight excluding hydrogens is 362 g/mol. The van der Waals surface area contributed by atoms with Crippen molar-refractivity contribution in [3.8, 4) is 17.2 Å². The molecule has 0 aromatic heterocycles. The van der Waals surface area contributed by atoms with Gasteiger partial charge in [-0.05, 0) is 12.5 Å². The minimum absolute atomic E-state index is 0.0617. The van der Waals surface area contributed by atoms with Crippen LogP contribution in [0.15, 0.2) is 17.1 Å². The van der Waals surface area contributed by atoms with E-state index in [9.17, 15) is 4.79 Å². The molecule has 156 valence electrons. The molecule has 1 amide bonds. The van der Waals surface area contributed by atoms with Crippen molar-refractivity contribution in [2.24, 2.45) is 16.5 Å². The number of nitrogens with two attached hydrogens (primary N) is 2. The Morgan fingerprint density at radius 2 is 1.71 bits per heavy atom. The second kappa shape index (κ2) is 10.6. The fraction of sp³-hybridized carbons (Fsp3) is 0.579. The first-order chi connectivity index (χ1) is 13.5. The number of benzene rings is 1. The number of guanidine groups is 1. The van der Waals surface area contributed by atoms with Crippen molar-refractivity contribution >= 4 is 11.9 Å². The largest absolute Gasteiger partial charge is 0.493 e. The van der Waals surface area contributed by atoms with Crippen molar-refractivity contribution in [2.75, 3.05) is 54.1 Å². The first-order valence-corrected chi connectivity index (χ1v) is 9.33. The Bertz CT molecular complexity index is 683. The number of carbonyl (C=O) groups excluding carboxylic acids is 1. The maximum atomic E-state index is 12.3. The molecule has 28 heavy (non-hydrogen) atoms. The number of rotatable bonds is 9. The zero-order valence-electron chi connectivity index (χ0n) is 16.9. The molecule has 0 unspecified atom stereocenters. The molecular formula is C19H31N5O4. The number of hydrogen-bond acceptors (Lipinski definition) is 6. The molecule has 1 aliphatic rings. The Morgan fingerprint density at radius 3 is 2.29 bits per heavy atom. The summed E-state index contributed by atoms with van der Waals surface area (Å²) in [6.45, 7) is 4.21. The van der Waals surface area contributed by atoms with Gasteiger partial charge in [0.2, 0.25) is 11.7 Å². The topological polar surface area (TPSA) is 116 Å². The Labute approximate surface area is 166 Å². The Balaban J connectivity index is 1.89. The van der Waals surface area contributed by atoms with Gasteiger partial charge in [0, 0.05) is 51.3 Å². The van der Waals surface area contributed by atoms with Gasteiger partial charge in [-0.3, -0.25) is 14.7 Å². The summed E-state index contributed by atoms with van der Waals surface area (Å²) in [4.78, 5) is 20.4. The monoisotopic (exact) mass is 393 g/mol. The van der Waals surface area contributed by atoms with E-state index in [1.165, 1.54) is 0 Å². The van der Waals surface area contributed by atoms with E-state index < -0.39 is 0 Å². The molecule has 2 rings (SSSR count). The molecule has 0 radical (unpaired) electrons. The third kappa shape index (κ3) is 5.66. The predicted molar refractivity (Wildman–Crippen MR) is 108 cm³/mol. The zero-order chi connectivity index (χ0) is 20.5. The fourth-order valence-electron chi connectivity index (χ4n) is 3.28. The van der Waals surface area contributed by atoms with Crippen molar-refractivity contribution in [2.45, 2.75) is 19.4 Å². The van der Waals surface area contributed by atoms with E-state index in [0.717, 1.165) is 25.2 Å². The Hall–Kier alpha value is -2.68. The van der Waals surface area contributed by atoms with Crippen molar-refractivity contribution in [3.63, 3.8) is 0 Å². The molecule has 1 heterocycles. The van der Waals surface area contributed by atoms with E-state index in [1.54, 1.807) is 21.3 Å². The van der Waals surface area contributed by atoms with Gasteiger partial charge in [-0.25, -0.2) is 0 Å². The molecule has 1 saturated heterocycles. The smallest absolute Gasteiger partial charge is 0.222 e. The quantitative estimate of drug-likeness (QED) is 0.355. The number of aliphatic imine (C=N–C) groups is 1. The standard InChI is InChI=1S/C19H31N5O4/c1-26-15-7-6-14(17(27-2)18(15)28-3)13-23-9-11-24(12-10-23)16(25)5-4-8-22-19(20)21/h6-7H,4-5,8-13H2,1-3H3,(H4,20,21,22). The van der Waals surface area contributed by atoms with Crippen LogP contribution in [0, 0.1) is 0 Å². The van der Waals surface area contributed by atoms with Gasteiger partial charge in [-0.15, -0.1) is 0 Å². The number of methoxy groups -OCH3 is 3. The summed E-state index contributed by atoms with van der Waals surface area (Å²) < 4.78 is 16.3. The van der Waals surface area contributed by atoms with Crippen LogP contribution in [0.3, 0.4) is 0 Å². The van der Waals surface area contributed by atoms with Gasteiger partial charge in [0.15, 0.2) is 17.5 Å². The van der Waals surface area contributed by atoms with Crippen LogP contribution in [-0.2, 0) is 11.3 Å². The van der Waals surface area contributed by atoms with Crippen LogP contribution < -0.4 is 25.7 Å². The van der Waals surface area contributed by atoms with E-state index in [0.29, 0.717) is 49.7 Å². The van der Waals surface area contributed by atoms with Crippen LogP contribution >= 0.6 is 0 Å². The molecule has 9 nitrogen and oxygen atoms in total. The number of ether oxygens (including phenoxy) is 3. The molecule has 1 fully saturated rings. The van der Waals surface area contributed by atoms with Gasteiger partial charge < -0.3 is 30.6 Å². The van der Waals surface area contributed by atoms with Crippen molar-refractivity contribution in [1.82, 2.24) is 9.80 Å². The first kappa shape index (κ1) is 21.6. The summed E-state index contributed by atoms with van der Waals surface area (Å²) in [5, 5.41) is 0. The second-order valence-electron chi connectivity index (χ2n) is 6.56. The van der Waals surface area contributed by atoms with Gasteiger partial charge in [0.1, 0.15) is 0 Å². The van der Waals surface area contributed by atoms with Crippen molar-refractivity contribution in [1.29, 1.82) is 0 Å². The van der Waals surface area contributed by atoms with Crippen LogP contribution in [0.25, 0.3) is 0 Å². The molecule has 0 bridgehead atoms. The molecule has 9 heteroatoms. The van der Waals surface area contributed by atoms with Crippen LogP contribution in [0.5, 0.6) is 17.2 Å². The van der Waals surface area contributed by atoms with Gasteiger partial charge >= 0.3 is 0 Å². The van der Waals surface area contributed by atoms with E-state index in [4.69, 9.17) is 25.7 Å². The lowest BCUT2D eigenvalue weighted by molar-refractivity contribution is -0.133. The molecule has 1 aromatic rings. The Morgan fingerprint density at radius 1 is 1.04 bits per heavy atom. The zero-order valence-corrected chi connectivity index (χ0v) is 16.9. The summed E-state index contributed by atoms with van der Waals surface area (Å²) in [6, 6.07) is 3.87. The average molecular weight is 393 g/mol. The van der Waals surface area contributed by atoms with E-state index in [1.807, 2.05) is 17.0 Å². The van der Waals surface area contributed by atoms with Gasteiger partial charge in [0.05, 0.1) is 21.3 Å². The molecule has 1 aromatic carbocycles. The predicted octanol–water partition coefficient (Wildman–Crippen LogP) is 0.410. The van der Waals surface area contributed by atoms with E-state index in [-0.39, 0.29) is 11.9 Å². The summed E-state index contributed by atoms with van der Waals surface area (Å²) in [6.07, 6.45) is 1.11. The maximum Gasteiger partial charge on any atom is 0.222 e. The third-order valence-electron chi connectivity index (χ3n) is 4.75. The molecule has 1 aliphatic heterocycles. The highest BCUT2D eigenvalue weighted by atomic mass is 16.5. The van der Waals surface area contributed by atoms with Crippen LogP contribution in [0.2, 0.25) is 0 Å². The lowest BCUT2D eigenvalue weighted by atomic mass is 10.1. The van der Waals surface area contributed by atoms with Crippen molar-refractivity contribution < 1.29 is 19.0 Å². The Kier molecular flexibility index (Phi) is 8.19. The number of hydrogen-bond donors (Lipinski definition) is 2. The van der Waals surface area contributed by atoms with E-state index in [2.05, 4.69) is 9.89 Å². The number of carbonyl (C=O) groups is 1. The molecule has 0 aliphatic carbocycles. The number of nitrogens with zero attached hydrogens (tertiary/aromatic N) is 3. The normalized spacial score (nSPS) is 14.5. The summed E-state index contributed by atoms with van der Waals surface area (Å²) in [5.41, 5.74) is 11.6. The molecule has 0 atom stereocenters. The van der Waals surface area contributed by atoms with Gasteiger partial charge in [-0.2, -0.15) is 0 Å². The van der Waals surface area contributed by atoms with Crippen LogP contribution in [-0.4, -0.2) is 75.7 Å². The highest BCUT2D eigenvalue weighted by Crippen LogP contribution is 2.40. The lowest BCUT2D eigenvalue weighted by Crippen LogP contribution is -2.48. The molecule has 0 spiro atoms. The highest BCUT2D eigenvalue weighted by molar-refractivity contribution is 5.77. The van der Waals surface area contributed by atoms with Crippen LogP contribution in [0.4, 0.5) is 0 Å². The molecule has 4 N–H and O–H groups in total. The molecule has 0 saturated carbocycles. The summed E-state index contributed by atoms with van der Waals surface area (Å²) >= 11 is 0. The van der Waals surface area contributed by atoms with Gasteiger partial charge in [0.25, 0.3) is 0 Å². The fourth-order valence-corrected chi connectivity index (χ4v) is 3.28. The maximum absolute atomic E-state index is 12.3. The summed E-state index contributed by atoms with van der Waals surface area (Å²) in [5.74, 6) is 2.12. The summed E-state index contributed by atoms with van der Waals surface area (Å²) in [7, 11) is 4.83. The third-order valence-corrected chi connectivity index (χ3v) is 4.75. The van der Waals surface area contributed by atoms with Crippen LogP contribution in [0.1, 0.15) is 18.4 Å². The SMILES string of the molecule is COc1ccc(CN2CCN(C(=O)CCCN=C(N)N)CC2)c(OC)c1OC.